The Kier molecular flexibility index (Phi) is 3.57. The third kappa shape index (κ3) is 2.80. The Labute approximate surface area is 125 Å². The zero-order chi connectivity index (χ0) is 15.5. The molecule has 0 saturated heterocycles. The lowest BCUT2D eigenvalue weighted by molar-refractivity contribution is -0.384. The van der Waals surface area contributed by atoms with Crippen LogP contribution in [0.2, 0.25) is 0 Å². The van der Waals surface area contributed by atoms with Gasteiger partial charge in [-0.3, -0.25) is 10.1 Å². The number of ether oxygens (including phenoxy) is 2. The molecule has 0 amide bonds. The van der Waals surface area contributed by atoms with Crippen molar-refractivity contribution in [3.63, 3.8) is 0 Å². The highest BCUT2D eigenvalue weighted by Crippen LogP contribution is 2.26. The van der Waals surface area contributed by atoms with Gasteiger partial charge in [-0.1, -0.05) is 18.2 Å². The van der Waals surface area contributed by atoms with E-state index < -0.39 is 10.9 Å². The van der Waals surface area contributed by atoms with Crippen LogP contribution in [0.5, 0.6) is 11.5 Å². The van der Waals surface area contributed by atoms with Gasteiger partial charge in [-0.05, 0) is 24.3 Å². The Morgan fingerprint density at radius 3 is 2.59 bits per heavy atom. The summed E-state index contributed by atoms with van der Waals surface area (Å²) in [6.07, 6.45) is 1.71. The minimum Gasteiger partial charge on any atom is -0.488 e. The minimum absolute atomic E-state index is 0.0612. The number of fused-ring (bicyclic) bond motifs is 1. The number of hydrogen-bond donors (Lipinski definition) is 0. The molecule has 0 bridgehead atoms. The van der Waals surface area contributed by atoms with Gasteiger partial charge in [0, 0.05) is 17.7 Å². The fourth-order valence-corrected chi connectivity index (χ4v) is 2.04. The van der Waals surface area contributed by atoms with Crippen molar-refractivity contribution in [2.75, 3.05) is 6.61 Å². The molecule has 6 nitrogen and oxygen atoms in total. The summed E-state index contributed by atoms with van der Waals surface area (Å²) in [4.78, 5) is 22.1. The van der Waals surface area contributed by atoms with Crippen molar-refractivity contribution in [2.24, 2.45) is 0 Å². The first-order valence-electron chi connectivity index (χ1n) is 6.52. The fraction of sp³-hybridized carbons (Fsp3) is 0.0625. The quantitative estimate of drug-likeness (QED) is 0.376. The molecule has 2 aromatic carbocycles. The predicted molar refractivity (Wildman–Crippen MR) is 78.6 cm³/mol. The number of nitro benzene ring substituents is 1. The molecule has 0 saturated carbocycles. The fourth-order valence-electron chi connectivity index (χ4n) is 2.04. The van der Waals surface area contributed by atoms with Crippen LogP contribution in [0.4, 0.5) is 5.69 Å². The summed E-state index contributed by atoms with van der Waals surface area (Å²) < 4.78 is 10.7. The van der Waals surface area contributed by atoms with Gasteiger partial charge < -0.3 is 9.47 Å². The van der Waals surface area contributed by atoms with E-state index in [1.807, 2.05) is 24.3 Å². The van der Waals surface area contributed by atoms with Crippen LogP contribution < -0.4 is 9.47 Å². The summed E-state index contributed by atoms with van der Waals surface area (Å²) in [7, 11) is 0. The predicted octanol–water partition coefficient (Wildman–Crippen LogP) is 2.98. The molecule has 0 aromatic heterocycles. The van der Waals surface area contributed by atoms with Gasteiger partial charge in [-0.15, -0.1) is 0 Å². The van der Waals surface area contributed by atoms with Crippen LogP contribution in [0.25, 0.3) is 6.08 Å². The molecule has 1 aliphatic heterocycles. The van der Waals surface area contributed by atoms with Gasteiger partial charge >= 0.3 is 5.97 Å². The van der Waals surface area contributed by atoms with E-state index >= 15 is 0 Å². The molecule has 3 rings (SSSR count). The first kappa shape index (κ1) is 13.8. The lowest BCUT2D eigenvalue weighted by atomic mass is 10.1. The highest BCUT2D eigenvalue weighted by molar-refractivity contribution is 5.96. The zero-order valence-corrected chi connectivity index (χ0v) is 11.4. The van der Waals surface area contributed by atoms with Crippen LogP contribution in [0.3, 0.4) is 0 Å². The molecule has 1 aliphatic rings. The molecule has 6 heteroatoms. The summed E-state index contributed by atoms with van der Waals surface area (Å²) in [5.74, 6) is 0.424. The van der Waals surface area contributed by atoms with E-state index in [1.165, 1.54) is 24.3 Å². The van der Waals surface area contributed by atoms with E-state index in [9.17, 15) is 14.9 Å². The Morgan fingerprint density at radius 1 is 1.14 bits per heavy atom. The van der Waals surface area contributed by atoms with E-state index in [0.717, 1.165) is 11.3 Å². The smallest absolute Gasteiger partial charge is 0.342 e. The SMILES string of the molecule is O=C(Oc1ccc([N+](=O)[O-])cc1)C1=Cc2ccccc2OC1. The van der Waals surface area contributed by atoms with Gasteiger partial charge in [0.25, 0.3) is 5.69 Å². The van der Waals surface area contributed by atoms with E-state index in [2.05, 4.69) is 0 Å². The molecule has 22 heavy (non-hydrogen) atoms. The summed E-state index contributed by atoms with van der Waals surface area (Å²) in [5.41, 5.74) is 1.13. The molecule has 0 unspecified atom stereocenters. The Hall–Kier alpha value is -3.15. The molecule has 0 aliphatic carbocycles. The van der Waals surface area contributed by atoms with Gasteiger partial charge in [0.2, 0.25) is 0 Å². The standard InChI is InChI=1S/C16H11NO5/c18-16(22-14-7-5-13(6-8-14)17(19)20)12-9-11-3-1-2-4-15(11)21-10-12/h1-9H,10H2. The largest absolute Gasteiger partial charge is 0.488 e. The van der Waals surface area contributed by atoms with Crippen LogP contribution in [-0.2, 0) is 4.79 Å². The maximum atomic E-state index is 12.1. The lowest BCUT2D eigenvalue weighted by Crippen LogP contribution is -2.19. The molecule has 1 heterocycles. The summed E-state index contributed by atoms with van der Waals surface area (Å²) in [6.45, 7) is 0.128. The highest BCUT2D eigenvalue weighted by Gasteiger charge is 2.19. The number of non-ortho nitro benzene ring substituents is 1. The monoisotopic (exact) mass is 297 g/mol. The zero-order valence-electron chi connectivity index (χ0n) is 11.4. The second-order valence-corrected chi connectivity index (χ2v) is 4.64. The van der Waals surface area contributed by atoms with Crippen LogP contribution in [0.15, 0.2) is 54.1 Å². The number of nitro groups is 1. The van der Waals surface area contributed by atoms with E-state index in [0.29, 0.717) is 5.57 Å². The van der Waals surface area contributed by atoms with Crippen LogP contribution in [-0.4, -0.2) is 17.5 Å². The Balaban J connectivity index is 1.75. The second kappa shape index (κ2) is 5.69. The molecule has 0 fully saturated rings. The van der Waals surface area contributed by atoms with Crippen molar-refractivity contribution in [3.05, 3.63) is 69.8 Å². The second-order valence-electron chi connectivity index (χ2n) is 4.64. The molecular formula is C16H11NO5. The molecular weight excluding hydrogens is 286 g/mol. The Bertz CT molecular complexity index is 764. The number of carbonyl (C=O) groups excluding carboxylic acids is 1. The average Bonchev–Trinajstić information content (AvgIpc) is 2.55. The minimum atomic E-state index is -0.539. The van der Waals surface area contributed by atoms with Crippen LogP contribution >= 0.6 is 0 Å². The number of benzene rings is 2. The topological polar surface area (TPSA) is 78.7 Å². The molecule has 0 N–H and O–H groups in total. The number of rotatable bonds is 3. The third-order valence-electron chi connectivity index (χ3n) is 3.15. The molecule has 110 valence electrons. The maximum absolute atomic E-state index is 12.1. The first-order chi connectivity index (χ1) is 10.6. The molecule has 2 aromatic rings. The molecule has 0 spiro atoms. The van der Waals surface area contributed by atoms with Gasteiger partial charge in [0.05, 0.1) is 10.5 Å². The number of carbonyl (C=O) groups is 1. The van der Waals surface area contributed by atoms with Crippen molar-refractivity contribution in [1.82, 2.24) is 0 Å². The van der Waals surface area contributed by atoms with Crippen molar-refractivity contribution in [2.45, 2.75) is 0 Å². The molecule has 0 atom stereocenters. The van der Waals surface area contributed by atoms with Crippen molar-refractivity contribution < 1.29 is 19.2 Å². The number of esters is 1. The lowest BCUT2D eigenvalue weighted by Gasteiger charge is -2.16. The normalized spacial score (nSPS) is 12.6. The maximum Gasteiger partial charge on any atom is 0.342 e. The highest BCUT2D eigenvalue weighted by atomic mass is 16.6. The van der Waals surface area contributed by atoms with E-state index in [4.69, 9.17) is 9.47 Å². The number of para-hydroxylation sites is 1. The van der Waals surface area contributed by atoms with Crippen molar-refractivity contribution >= 4 is 17.7 Å². The Morgan fingerprint density at radius 2 is 1.86 bits per heavy atom. The number of hydrogen-bond acceptors (Lipinski definition) is 5. The van der Waals surface area contributed by atoms with E-state index in [-0.39, 0.29) is 18.0 Å². The van der Waals surface area contributed by atoms with Crippen molar-refractivity contribution in [3.8, 4) is 11.5 Å². The number of nitrogens with zero attached hydrogens (tertiary/aromatic N) is 1. The third-order valence-corrected chi connectivity index (χ3v) is 3.15. The van der Waals surface area contributed by atoms with Gasteiger partial charge in [0.15, 0.2) is 0 Å². The van der Waals surface area contributed by atoms with Crippen LogP contribution in [0.1, 0.15) is 5.56 Å². The van der Waals surface area contributed by atoms with E-state index in [1.54, 1.807) is 6.08 Å². The van der Waals surface area contributed by atoms with Gasteiger partial charge in [-0.2, -0.15) is 0 Å². The van der Waals surface area contributed by atoms with Gasteiger partial charge in [0.1, 0.15) is 18.1 Å². The van der Waals surface area contributed by atoms with Gasteiger partial charge in [-0.25, -0.2) is 4.79 Å². The average molecular weight is 297 g/mol. The molecule has 0 radical (unpaired) electrons. The van der Waals surface area contributed by atoms with Crippen molar-refractivity contribution in [1.29, 1.82) is 0 Å². The summed E-state index contributed by atoms with van der Waals surface area (Å²) in [5, 5.41) is 10.6. The van der Waals surface area contributed by atoms with Crippen LogP contribution in [0, 0.1) is 10.1 Å². The summed E-state index contributed by atoms with van der Waals surface area (Å²) >= 11 is 0. The summed E-state index contributed by atoms with van der Waals surface area (Å²) in [6, 6.07) is 12.7. The first-order valence-corrected chi connectivity index (χ1v) is 6.52.